The number of esters is 2. The molecular weight excluding hydrogens is 334 g/mol. The molecule has 0 amide bonds. The number of nitrogens with zero attached hydrogens (tertiary/aromatic N) is 3. The van der Waals surface area contributed by atoms with Gasteiger partial charge in [-0.05, 0) is 13.8 Å². The molecule has 2 aromatic heterocycles. The lowest BCUT2D eigenvalue weighted by atomic mass is 10.3. The largest absolute Gasteiger partial charge is 0.464 e. The standard InChI is InChI=1S/C15H19N3O5S/c1-5-23-9(2)13-16-10(8-24-13)7-18-12(15(20)22-4)6-11(17-18)14(19)21-3/h6,8-9H,5,7H2,1-4H3/t9-/m0/s1. The van der Waals surface area contributed by atoms with Crippen LogP contribution in [-0.4, -0.2) is 47.5 Å². The molecule has 0 spiro atoms. The molecule has 8 nitrogen and oxygen atoms in total. The van der Waals surface area contributed by atoms with Gasteiger partial charge in [0.2, 0.25) is 0 Å². The fourth-order valence-corrected chi connectivity index (χ4v) is 2.88. The molecule has 2 rings (SSSR count). The number of carbonyl (C=O) groups excluding carboxylic acids is 2. The molecule has 0 saturated carbocycles. The van der Waals surface area contributed by atoms with Crippen LogP contribution < -0.4 is 0 Å². The van der Waals surface area contributed by atoms with E-state index in [2.05, 4.69) is 14.8 Å². The van der Waals surface area contributed by atoms with Crippen LogP contribution in [0.3, 0.4) is 0 Å². The van der Waals surface area contributed by atoms with Crippen LogP contribution in [0.15, 0.2) is 11.4 Å². The molecule has 0 aliphatic heterocycles. The molecule has 0 N–H and O–H groups in total. The van der Waals surface area contributed by atoms with Gasteiger partial charge in [-0.25, -0.2) is 14.6 Å². The van der Waals surface area contributed by atoms with Crippen LogP contribution in [0.5, 0.6) is 0 Å². The molecule has 2 aromatic rings. The van der Waals surface area contributed by atoms with E-state index >= 15 is 0 Å². The van der Waals surface area contributed by atoms with E-state index < -0.39 is 11.9 Å². The summed E-state index contributed by atoms with van der Waals surface area (Å²) in [5.74, 6) is -1.21. The molecule has 0 aliphatic carbocycles. The van der Waals surface area contributed by atoms with Crippen molar-refractivity contribution in [3.8, 4) is 0 Å². The van der Waals surface area contributed by atoms with E-state index in [-0.39, 0.29) is 24.0 Å². The quantitative estimate of drug-likeness (QED) is 0.703. The highest BCUT2D eigenvalue weighted by atomic mass is 32.1. The summed E-state index contributed by atoms with van der Waals surface area (Å²) in [6, 6.07) is 1.34. The van der Waals surface area contributed by atoms with Gasteiger partial charge in [-0.1, -0.05) is 0 Å². The van der Waals surface area contributed by atoms with E-state index in [0.717, 1.165) is 5.01 Å². The van der Waals surface area contributed by atoms with Gasteiger partial charge in [0, 0.05) is 18.1 Å². The summed E-state index contributed by atoms with van der Waals surface area (Å²) in [7, 11) is 2.52. The van der Waals surface area contributed by atoms with Gasteiger partial charge in [0.05, 0.1) is 26.5 Å². The molecule has 0 unspecified atom stereocenters. The van der Waals surface area contributed by atoms with Crippen LogP contribution in [-0.2, 0) is 20.8 Å². The fraction of sp³-hybridized carbons (Fsp3) is 0.467. The number of hydrogen-bond donors (Lipinski definition) is 0. The van der Waals surface area contributed by atoms with Gasteiger partial charge in [-0.15, -0.1) is 11.3 Å². The first kappa shape index (κ1) is 18.1. The van der Waals surface area contributed by atoms with Gasteiger partial charge in [0.15, 0.2) is 5.69 Å². The van der Waals surface area contributed by atoms with E-state index in [1.165, 1.54) is 36.3 Å². The van der Waals surface area contributed by atoms with Gasteiger partial charge in [0.25, 0.3) is 0 Å². The Morgan fingerprint density at radius 2 is 2.00 bits per heavy atom. The average Bonchev–Trinajstić information content (AvgIpc) is 3.21. The molecule has 0 aromatic carbocycles. The zero-order valence-electron chi connectivity index (χ0n) is 13.9. The molecule has 24 heavy (non-hydrogen) atoms. The lowest BCUT2D eigenvalue weighted by Crippen LogP contribution is -2.13. The Morgan fingerprint density at radius 1 is 1.29 bits per heavy atom. The summed E-state index contributed by atoms with van der Waals surface area (Å²) in [5, 5.41) is 6.82. The van der Waals surface area contributed by atoms with Crippen LogP contribution in [0.4, 0.5) is 0 Å². The highest BCUT2D eigenvalue weighted by Gasteiger charge is 2.21. The minimum Gasteiger partial charge on any atom is -0.464 e. The summed E-state index contributed by atoms with van der Waals surface area (Å²) in [6.07, 6.45) is -0.0999. The second-order valence-electron chi connectivity index (χ2n) is 4.83. The summed E-state index contributed by atoms with van der Waals surface area (Å²) >= 11 is 1.47. The van der Waals surface area contributed by atoms with Gasteiger partial charge >= 0.3 is 11.9 Å². The Bertz CT molecular complexity index is 725. The SMILES string of the molecule is CCO[C@@H](C)c1nc(Cn2nc(C(=O)OC)cc2C(=O)OC)cs1. The van der Waals surface area contributed by atoms with Crippen molar-refractivity contribution in [2.24, 2.45) is 0 Å². The van der Waals surface area contributed by atoms with Gasteiger partial charge < -0.3 is 14.2 Å². The van der Waals surface area contributed by atoms with Gasteiger partial charge in [-0.2, -0.15) is 5.10 Å². The first-order chi connectivity index (χ1) is 11.5. The molecule has 0 radical (unpaired) electrons. The number of thiazole rings is 1. The third-order valence-electron chi connectivity index (χ3n) is 3.21. The van der Waals surface area contributed by atoms with Crippen molar-refractivity contribution < 1.29 is 23.8 Å². The van der Waals surface area contributed by atoms with Crippen molar-refractivity contribution >= 4 is 23.3 Å². The first-order valence-electron chi connectivity index (χ1n) is 7.30. The Morgan fingerprint density at radius 3 is 2.62 bits per heavy atom. The molecule has 1 atom stereocenters. The van der Waals surface area contributed by atoms with E-state index in [9.17, 15) is 9.59 Å². The van der Waals surface area contributed by atoms with E-state index in [0.29, 0.717) is 12.3 Å². The number of aromatic nitrogens is 3. The van der Waals surface area contributed by atoms with Crippen molar-refractivity contribution in [1.82, 2.24) is 14.8 Å². The molecule has 9 heteroatoms. The van der Waals surface area contributed by atoms with Crippen molar-refractivity contribution in [3.63, 3.8) is 0 Å². The first-order valence-corrected chi connectivity index (χ1v) is 8.18. The average molecular weight is 353 g/mol. The van der Waals surface area contributed by atoms with Crippen molar-refractivity contribution in [1.29, 1.82) is 0 Å². The summed E-state index contributed by atoms with van der Waals surface area (Å²) in [5.41, 5.74) is 0.910. The molecule has 0 fully saturated rings. The summed E-state index contributed by atoms with van der Waals surface area (Å²) in [6.45, 7) is 4.68. The molecule has 130 valence electrons. The lowest BCUT2D eigenvalue weighted by molar-refractivity contribution is 0.0581. The van der Waals surface area contributed by atoms with Crippen molar-refractivity contribution in [2.75, 3.05) is 20.8 Å². The van der Waals surface area contributed by atoms with Crippen LogP contribution in [0, 0.1) is 0 Å². The normalized spacial score (nSPS) is 12.0. The Hall–Kier alpha value is -2.26. The van der Waals surface area contributed by atoms with E-state index in [4.69, 9.17) is 9.47 Å². The third kappa shape index (κ3) is 3.98. The smallest absolute Gasteiger partial charge is 0.358 e. The van der Waals surface area contributed by atoms with Gasteiger partial charge in [-0.3, -0.25) is 4.68 Å². The fourth-order valence-electron chi connectivity index (χ4n) is 2.07. The van der Waals surface area contributed by atoms with Crippen molar-refractivity contribution in [2.45, 2.75) is 26.5 Å². The topological polar surface area (TPSA) is 92.5 Å². The maximum absolute atomic E-state index is 11.9. The highest BCUT2D eigenvalue weighted by molar-refractivity contribution is 7.09. The maximum atomic E-state index is 11.9. The molecule has 0 aliphatic rings. The third-order valence-corrected chi connectivity index (χ3v) is 4.27. The predicted molar refractivity (Wildman–Crippen MR) is 86.2 cm³/mol. The number of ether oxygens (including phenoxy) is 3. The number of carbonyl (C=O) groups is 2. The highest BCUT2D eigenvalue weighted by Crippen LogP contribution is 2.22. The van der Waals surface area contributed by atoms with Crippen LogP contribution >= 0.6 is 11.3 Å². The minimum atomic E-state index is -0.622. The molecule has 2 heterocycles. The van der Waals surface area contributed by atoms with Gasteiger partial charge in [0.1, 0.15) is 16.8 Å². The summed E-state index contributed by atoms with van der Waals surface area (Å²) < 4.78 is 16.2. The Kier molecular flexibility index (Phi) is 6.04. The van der Waals surface area contributed by atoms with Crippen LogP contribution in [0.25, 0.3) is 0 Å². The molecule has 0 bridgehead atoms. The van der Waals surface area contributed by atoms with E-state index in [1.807, 2.05) is 19.2 Å². The Labute approximate surface area is 143 Å². The lowest BCUT2D eigenvalue weighted by Gasteiger charge is -2.07. The van der Waals surface area contributed by atoms with Crippen LogP contribution in [0.2, 0.25) is 0 Å². The molecule has 0 saturated heterocycles. The molecular formula is C15H19N3O5S. The Balaban J connectivity index is 2.26. The maximum Gasteiger partial charge on any atom is 0.358 e. The zero-order chi connectivity index (χ0) is 17.7. The number of methoxy groups -OCH3 is 2. The second-order valence-corrected chi connectivity index (χ2v) is 5.72. The van der Waals surface area contributed by atoms with E-state index in [1.54, 1.807) is 0 Å². The predicted octanol–water partition coefficient (Wildman–Crippen LogP) is 2.06. The second kappa shape index (κ2) is 8.02. The van der Waals surface area contributed by atoms with Crippen molar-refractivity contribution in [3.05, 3.63) is 33.5 Å². The monoisotopic (exact) mass is 353 g/mol. The summed E-state index contributed by atoms with van der Waals surface area (Å²) in [4.78, 5) is 28.0. The zero-order valence-corrected chi connectivity index (χ0v) is 14.8. The number of rotatable bonds is 7. The van der Waals surface area contributed by atoms with Crippen LogP contribution in [0.1, 0.15) is 51.6 Å². The minimum absolute atomic E-state index is 0.0380. The number of hydrogen-bond acceptors (Lipinski definition) is 8.